The summed E-state index contributed by atoms with van der Waals surface area (Å²) < 4.78 is 5.02. The fraction of sp³-hybridized carbons (Fsp3) is 0. The third-order valence-electron chi connectivity index (χ3n) is 14.2. The van der Waals surface area contributed by atoms with Crippen LogP contribution >= 0.6 is 11.3 Å². The molecular weight excluding hydrogens is 853 g/mol. The first-order valence-electron chi connectivity index (χ1n) is 23.7. The van der Waals surface area contributed by atoms with Crippen molar-refractivity contribution in [1.29, 1.82) is 0 Å². The van der Waals surface area contributed by atoms with Gasteiger partial charge < -0.3 is 9.47 Å². The van der Waals surface area contributed by atoms with Crippen molar-refractivity contribution in [2.24, 2.45) is 0 Å². The van der Waals surface area contributed by atoms with Gasteiger partial charge in [0.05, 0.1) is 28.1 Å². The molecule has 2 heterocycles. The van der Waals surface area contributed by atoms with Gasteiger partial charge in [0, 0.05) is 47.6 Å². The maximum absolute atomic E-state index is 2.53. The van der Waals surface area contributed by atoms with Crippen LogP contribution in [0.4, 0.5) is 17.1 Å². The van der Waals surface area contributed by atoms with Crippen molar-refractivity contribution in [2.75, 3.05) is 4.90 Å². The summed E-state index contributed by atoms with van der Waals surface area (Å²) in [6, 6.07) is 93.8. The molecule has 0 radical (unpaired) electrons. The summed E-state index contributed by atoms with van der Waals surface area (Å²) in [5.74, 6) is 0. The Kier molecular flexibility index (Phi) is 9.11. The van der Waals surface area contributed by atoms with Gasteiger partial charge in [-0.15, -0.1) is 11.3 Å². The van der Waals surface area contributed by atoms with Gasteiger partial charge in [-0.25, -0.2) is 0 Å². The van der Waals surface area contributed by atoms with Crippen LogP contribution in [0.2, 0.25) is 0 Å². The van der Waals surface area contributed by atoms with Crippen LogP contribution < -0.4 is 4.90 Å². The smallest absolute Gasteiger partial charge is 0.0562 e. The van der Waals surface area contributed by atoms with Crippen LogP contribution in [0.15, 0.2) is 255 Å². The Morgan fingerprint density at radius 2 is 0.870 bits per heavy atom. The lowest BCUT2D eigenvalue weighted by molar-refractivity contribution is 1.20. The Bertz CT molecular complexity index is 4300. The monoisotopic (exact) mass is 894 g/mol. The summed E-state index contributed by atoms with van der Waals surface area (Å²) in [4.78, 5) is 2.53. The molecule has 0 unspecified atom stereocenters. The second kappa shape index (κ2) is 16.0. The second-order valence-corrected chi connectivity index (χ2v) is 19.0. The molecule has 2 aromatic heterocycles. The van der Waals surface area contributed by atoms with Crippen LogP contribution in [0.25, 0.3) is 113 Å². The summed E-state index contributed by atoms with van der Waals surface area (Å²) in [7, 11) is 0. The molecule has 0 bridgehead atoms. The number of nitrogens with zero attached hydrogens (tertiary/aromatic N) is 2. The van der Waals surface area contributed by atoms with E-state index in [4.69, 9.17) is 0 Å². The van der Waals surface area contributed by atoms with Crippen molar-refractivity contribution >= 4 is 103 Å². The quantitative estimate of drug-likeness (QED) is 0.155. The molecule has 14 rings (SSSR count). The van der Waals surface area contributed by atoms with Crippen LogP contribution in [0.3, 0.4) is 0 Å². The van der Waals surface area contributed by atoms with Crippen molar-refractivity contribution in [3.05, 3.63) is 255 Å². The molecule has 2 nitrogen and oxygen atoms in total. The number of rotatable bonds is 7. The van der Waals surface area contributed by atoms with Crippen molar-refractivity contribution in [3.63, 3.8) is 0 Å². The molecule has 0 amide bonds. The van der Waals surface area contributed by atoms with Gasteiger partial charge in [-0.2, -0.15) is 0 Å². The standard InChI is InChI=1S/C66H42N2S/c1-4-24-50-44(16-1)19-12-29-52(50)48-23-11-22-47(42-48)43-36-38-49(39-37-43)67(60-33-15-34-61-64(60)56-27-7-9-31-59(56)68(61)58-32-14-21-46-18-3-6-26-53(46)58)62-41-40-55(54-30-13-20-45-17-2-5-25-51(45)54)66-65(62)57-28-8-10-35-63(57)69-66/h1-42H. The zero-order valence-electron chi connectivity index (χ0n) is 37.6. The largest absolute Gasteiger partial charge is 0.309 e. The number of anilines is 3. The van der Waals surface area contributed by atoms with Gasteiger partial charge in [0.1, 0.15) is 0 Å². The zero-order valence-corrected chi connectivity index (χ0v) is 38.4. The molecule has 12 aromatic carbocycles. The van der Waals surface area contributed by atoms with E-state index in [-0.39, 0.29) is 0 Å². The van der Waals surface area contributed by atoms with E-state index < -0.39 is 0 Å². The number of hydrogen-bond donors (Lipinski definition) is 0. The number of benzene rings is 12. The average Bonchev–Trinajstić information content (AvgIpc) is 3.98. The van der Waals surface area contributed by atoms with Crippen molar-refractivity contribution in [1.82, 2.24) is 4.57 Å². The second-order valence-electron chi connectivity index (χ2n) is 18.0. The molecule has 0 aliphatic carbocycles. The summed E-state index contributed by atoms with van der Waals surface area (Å²) in [6.45, 7) is 0. The van der Waals surface area contributed by atoms with Gasteiger partial charge in [0.15, 0.2) is 0 Å². The normalized spacial score (nSPS) is 11.8. The van der Waals surface area contributed by atoms with E-state index in [0.717, 1.165) is 22.6 Å². The van der Waals surface area contributed by atoms with Crippen LogP contribution in [0, 0.1) is 0 Å². The molecule has 322 valence electrons. The number of fused-ring (bicyclic) bond motifs is 9. The van der Waals surface area contributed by atoms with Gasteiger partial charge in [0.2, 0.25) is 0 Å². The third-order valence-corrected chi connectivity index (χ3v) is 15.4. The van der Waals surface area contributed by atoms with Gasteiger partial charge in [-0.3, -0.25) is 0 Å². The molecule has 0 fully saturated rings. The fourth-order valence-corrected chi connectivity index (χ4v) is 12.3. The molecule has 3 heteroatoms. The summed E-state index contributed by atoms with van der Waals surface area (Å²) in [6.07, 6.45) is 0. The molecule has 0 saturated carbocycles. The maximum Gasteiger partial charge on any atom is 0.0562 e. The lowest BCUT2D eigenvalue weighted by Gasteiger charge is -2.28. The highest BCUT2D eigenvalue weighted by molar-refractivity contribution is 7.26. The molecule has 0 spiro atoms. The lowest BCUT2D eigenvalue weighted by atomic mass is 9.95. The van der Waals surface area contributed by atoms with Crippen LogP contribution in [0.1, 0.15) is 0 Å². The minimum Gasteiger partial charge on any atom is -0.309 e. The lowest BCUT2D eigenvalue weighted by Crippen LogP contribution is -2.11. The highest BCUT2D eigenvalue weighted by atomic mass is 32.1. The average molecular weight is 895 g/mol. The summed E-state index contributed by atoms with van der Waals surface area (Å²) >= 11 is 1.89. The number of hydrogen-bond acceptors (Lipinski definition) is 2. The van der Waals surface area contributed by atoms with Crippen molar-refractivity contribution in [2.45, 2.75) is 0 Å². The topological polar surface area (TPSA) is 8.17 Å². The minimum atomic E-state index is 1.09. The SMILES string of the molecule is c1cc(-c2ccc(N(c3ccc(-c4cccc5ccccc45)c4sc5ccccc5c34)c3cccc4c3c3ccccc3n4-c3cccc4ccccc34)cc2)cc(-c2cccc3ccccc23)c1. The first kappa shape index (κ1) is 39.4. The zero-order chi connectivity index (χ0) is 45.4. The van der Waals surface area contributed by atoms with Crippen molar-refractivity contribution in [3.8, 4) is 39.1 Å². The van der Waals surface area contributed by atoms with Gasteiger partial charge >= 0.3 is 0 Å². The van der Waals surface area contributed by atoms with Crippen LogP contribution in [0.5, 0.6) is 0 Å². The molecule has 69 heavy (non-hydrogen) atoms. The predicted molar refractivity (Wildman–Crippen MR) is 297 cm³/mol. The Labute approximate surface area is 403 Å². The summed E-state index contributed by atoms with van der Waals surface area (Å²) in [5, 5.41) is 12.4. The van der Waals surface area contributed by atoms with E-state index in [0.29, 0.717) is 0 Å². The van der Waals surface area contributed by atoms with Gasteiger partial charge in [0.25, 0.3) is 0 Å². The van der Waals surface area contributed by atoms with Crippen LogP contribution in [-0.2, 0) is 0 Å². The maximum atomic E-state index is 2.53. The van der Waals surface area contributed by atoms with E-state index in [2.05, 4.69) is 264 Å². The van der Waals surface area contributed by atoms with Gasteiger partial charge in [-0.05, 0) is 109 Å². The first-order chi connectivity index (χ1) is 34.2. The molecule has 0 saturated heterocycles. The molecule has 14 aromatic rings. The molecule has 0 aliphatic heterocycles. The molecule has 0 N–H and O–H groups in total. The predicted octanol–water partition coefficient (Wildman–Crippen LogP) is 19.1. The Balaban J connectivity index is 1.02. The van der Waals surface area contributed by atoms with Gasteiger partial charge in [-0.1, -0.05) is 200 Å². The Hall–Kier alpha value is -8.76. The summed E-state index contributed by atoms with van der Waals surface area (Å²) in [5.41, 5.74) is 14.2. The van der Waals surface area contributed by atoms with E-state index in [1.165, 1.54) is 108 Å². The van der Waals surface area contributed by atoms with E-state index in [1.54, 1.807) is 0 Å². The first-order valence-corrected chi connectivity index (χ1v) is 24.5. The minimum absolute atomic E-state index is 1.09. The fourth-order valence-electron chi connectivity index (χ4n) is 11.1. The number of aromatic nitrogens is 1. The third kappa shape index (κ3) is 6.32. The Morgan fingerprint density at radius 3 is 1.65 bits per heavy atom. The molecule has 0 aliphatic rings. The highest BCUT2D eigenvalue weighted by Crippen LogP contribution is 2.51. The highest BCUT2D eigenvalue weighted by Gasteiger charge is 2.25. The van der Waals surface area contributed by atoms with E-state index >= 15 is 0 Å². The number of para-hydroxylation sites is 1. The van der Waals surface area contributed by atoms with E-state index in [1.807, 2.05) is 11.3 Å². The van der Waals surface area contributed by atoms with E-state index in [9.17, 15) is 0 Å². The molecule has 0 atom stereocenters. The van der Waals surface area contributed by atoms with Crippen molar-refractivity contribution < 1.29 is 0 Å². The molecular formula is C66H42N2S. The number of thiophene rings is 1. The van der Waals surface area contributed by atoms with Crippen LogP contribution in [-0.4, -0.2) is 4.57 Å². The Morgan fingerprint density at radius 1 is 0.319 bits per heavy atom.